The highest BCUT2D eigenvalue weighted by molar-refractivity contribution is 7.22. The van der Waals surface area contributed by atoms with E-state index in [2.05, 4.69) is 0 Å². The number of benzene rings is 4. The maximum absolute atomic E-state index is 13.8. The number of ether oxygens (including phenoxy) is 2. The summed E-state index contributed by atoms with van der Waals surface area (Å²) in [6.07, 6.45) is 0. The van der Waals surface area contributed by atoms with Crippen molar-refractivity contribution in [3.05, 3.63) is 119 Å². The van der Waals surface area contributed by atoms with Gasteiger partial charge < -0.3 is 9.47 Å². The Balaban J connectivity index is 1.52. The molecular formula is C30H24N2O4S. The second-order valence-electron chi connectivity index (χ2n) is 8.29. The Bertz CT molecular complexity index is 1510. The van der Waals surface area contributed by atoms with Crippen LogP contribution < -0.4 is 14.4 Å². The van der Waals surface area contributed by atoms with E-state index < -0.39 is 0 Å². The Hall–Kier alpha value is -4.49. The minimum Gasteiger partial charge on any atom is -0.495 e. The number of ketones is 1. The van der Waals surface area contributed by atoms with Gasteiger partial charge >= 0.3 is 0 Å². The van der Waals surface area contributed by atoms with Crippen molar-refractivity contribution in [2.45, 2.75) is 6.54 Å². The van der Waals surface area contributed by atoms with Crippen molar-refractivity contribution in [3.8, 4) is 11.5 Å². The van der Waals surface area contributed by atoms with Crippen LogP contribution in [0.25, 0.3) is 10.2 Å². The SMILES string of the molecule is COc1ccc(OC)c2sc(N(Cc3ccccc3)C(=O)c3ccc(C(=O)c4ccccc4)cc3)nc12. The highest BCUT2D eigenvalue weighted by atomic mass is 32.1. The standard InChI is InChI=1S/C30H24N2O4S/c1-35-24-17-18-25(36-2)28-26(24)31-30(37-28)32(19-20-9-5-3-6-10-20)29(34)23-15-13-22(14-16-23)27(33)21-11-7-4-8-12-21/h3-18H,19H2,1-2H3. The van der Waals surface area contributed by atoms with Crippen LogP contribution >= 0.6 is 11.3 Å². The lowest BCUT2D eigenvalue weighted by Crippen LogP contribution is -2.30. The lowest BCUT2D eigenvalue weighted by atomic mass is 10.0. The molecule has 0 aliphatic rings. The van der Waals surface area contributed by atoms with Gasteiger partial charge in [-0.15, -0.1) is 0 Å². The zero-order valence-electron chi connectivity index (χ0n) is 20.4. The lowest BCUT2D eigenvalue weighted by Gasteiger charge is -2.20. The molecule has 7 heteroatoms. The summed E-state index contributed by atoms with van der Waals surface area (Å²) in [6, 6.07) is 29.2. The van der Waals surface area contributed by atoms with Crippen LogP contribution in [-0.2, 0) is 6.54 Å². The van der Waals surface area contributed by atoms with E-state index in [0.29, 0.717) is 45.4 Å². The van der Waals surface area contributed by atoms with Crippen molar-refractivity contribution >= 4 is 38.4 Å². The molecule has 0 saturated heterocycles. The monoisotopic (exact) mass is 508 g/mol. The Kier molecular flexibility index (Phi) is 6.96. The first-order valence-electron chi connectivity index (χ1n) is 11.7. The van der Waals surface area contributed by atoms with Gasteiger partial charge in [-0.25, -0.2) is 4.98 Å². The molecule has 0 spiro atoms. The van der Waals surface area contributed by atoms with Gasteiger partial charge in [-0.05, 0) is 29.8 Å². The van der Waals surface area contributed by atoms with Gasteiger partial charge in [0.1, 0.15) is 21.7 Å². The third-order valence-electron chi connectivity index (χ3n) is 5.99. The minimum absolute atomic E-state index is 0.0916. The van der Waals surface area contributed by atoms with Crippen LogP contribution in [0.1, 0.15) is 31.8 Å². The number of fused-ring (bicyclic) bond motifs is 1. The van der Waals surface area contributed by atoms with E-state index in [-0.39, 0.29) is 11.7 Å². The highest BCUT2D eigenvalue weighted by Crippen LogP contribution is 2.40. The van der Waals surface area contributed by atoms with Crippen LogP contribution in [0.3, 0.4) is 0 Å². The average molecular weight is 509 g/mol. The van der Waals surface area contributed by atoms with Crippen molar-refractivity contribution in [1.29, 1.82) is 0 Å². The number of amides is 1. The third kappa shape index (κ3) is 4.94. The number of thiazole rings is 1. The second-order valence-corrected chi connectivity index (χ2v) is 9.27. The number of methoxy groups -OCH3 is 2. The summed E-state index contributed by atoms with van der Waals surface area (Å²) in [4.78, 5) is 33.1. The maximum Gasteiger partial charge on any atom is 0.260 e. The second kappa shape index (κ2) is 10.6. The molecule has 184 valence electrons. The fourth-order valence-electron chi connectivity index (χ4n) is 4.06. The fraction of sp³-hybridized carbons (Fsp3) is 0.100. The quantitative estimate of drug-likeness (QED) is 0.227. The summed E-state index contributed by atoms with van der Waals surface area (Å²) in [5.41, 5.74) is 3.18. The summed E-state index contributed by atoms with van der Waals surface area (Å²) in [5.74, 6) is 0.954. The maximum atomic E-state index is 13.8. The highest BCUT2D eigenvalue weighted by Gasteiger charge is 2.24. The number of carbonyl (C=O) groups is 2. The van der Waals surface area contributed by atoms with Crippen molar-refractivity contribution in [1.82, 2.24) is 4.98 Å². The Morgan fingerprint density at radius 1 is 0.730 bits per heavy atom. The van der Waals surface area contributed by atoms with Crippen LogP contribution in [0.15, 0.2) is 97.1 Å². The molecular weight excluding hydrogens is 484 g/mol. The first-order chi connectivity index (χ1) is 18.1. The van der Waals surface area contributed by atoms with Crippen LogP contribution in [0, 0.1) is 0 Å². The lowest BCUT2D eigenvalue weighted by molar-refractivity contribution is 0.0982. The topological polar surface area (TPSA) is 68.7 Å². The Morgan fingerprint density at radius 3 is 1.95 bits per heavy atom. The Morgan fingerprint density at radius 2 is 1.30 bits per heavy atom. The van der Waals surface area contributed by atoms with Gasteiger partial charge in [-0.2, -0.15) is 0 Å². The molecule has 5 rings (SSSR count). The van der Waals surface area contributed by atoms with Crippen LogP contribution in [0.5, 0.6) is 11.5 Å². The molecule has 1 heterocycles. The molecule has 0 atom stereocenters. The molecule has 0 bridgehead atoms. The number of hydrogen-bond acceptors (Lipinski definition) is 6. The summed E-state index contributed by atoms with van der Waals surface area (Å²) in [6.45, 7) is 0.328. The summed E-state index contributed by atoms with van der Waals surface area (Å²) >= 11 is 1.37. The zero-order chi connectivity index (χ0) is 25.8. The number of aromatic nitrogens is 1. The van der Waals surface area contributed by atoms with E-state index in [1.807, 2.05) is 54.6 Å². The van der Waals surface area contributed by atoms with Crippen molar-refractivity contribution in [2.24, 2.45) is 0 Å². The molecule has 37 heavy (non-hydrogen) atoms. The number of carbonyl (C=O) groups excluding carboxylic acids is 2. The average Bonchev–Trinajstić information content (AvgIpc) is 3.41. The predicted octanol–water partition coefficient (Wildman–Crippen LogP) is 6.39. The van der Waals surface area contributed by atoms with E-state index in [4.69, 9.17) is 14.5 Å². The van der Waals surface area contributed by atoms with E-state index >= 15 is 0 Å². The van der Waals surface area contributed by atoms with Gasteiger partial charge in [0, 0.05) is 16.7 Å². The van der Waals surface area contributed by atoms with E-state index in [1.54, 1.807) is 61.6 Å². The van der Waals surface area contributed by atoms with Crippen LogP contribution in [-0.4, -0.2) is 30.9 Å². The van der Waals surface area contributed by atoms with E-state index in [0.717, 1.165) is 10.3 Å². The molecule has 0 saturated carbocycles. The summed E-state index contributed by atoms with van der Waals surface area (Å²) in [7, 11) is 3.19. The molecule has 0 radical (unpaired) electrons. The first-order valence-corrected chi connectivity index (χ1v) is 12.5. The van der Waals surface area contributed by atoms with Gasteiger partial charge in [-0.1, -0.05) is 84.1 Å². The number of hydrogen-bond donors (Lipinski definition) is 0. The van der Waals surface area contributed by atoms with Gasteiger partial charge in [0.05, 0.1) is 20.8 Å². The molecule has 0 fully saturated rings. The van der Waals surface area contributed by atoms with Crippen LogP contribution in [0.2, 0.25) is 0 Å². The molecule has 0 N–H and O–H groups in total. The molecule has 0 aliphatic heterocycles. The van der Waals surface area contributed by atoms with Gasteiger partial charge in [-0.3, -0.25) is 14.5 Å². The first kappa shape index (κ1) is 24.2. The third-order valence-corrected chi connectivity index (χ3v) is 7.08. The number of rotatable bonds is 8. The van der Waals surface area contributed by atoms with Crippen molar-refractivity contribution in [3.63, 3.8) is 0 Å². The van der Waals surface area contributed by atoms with Gasteiger partial charge in [0.15, 0.2) is 10.9 Å². The molecule has 1 aromatic heterocycles. The molecule has 0 aliphatic carbocycles. The molecule has 5 aromatic rings. The normalized spacial score (nSPS) is 10.8. The minimum atomic E-state index is -0.223. The van der Waals surface area contributed by atoms with Gasteiger partial charge in [0.25, 0.3) is 5.91 Å². The smallest absolute Gasteiger partial charge is 0.260 e. The fourth-order valence-corrected chi connectivity index (χ4v) is 5.13. The van der Waals surface area contributed by atoms with E-state index in [9.17, 15) is 9.59 Å². The van der Waals surface area contributed by atoms with Crippen molar-refractivity contribution in [2.75, 3.05) is 19.1 Å². The molecule has 6 nitrogen and oxygen atoms in total. The number of anilines is 1. The molecule has 4 aromatic carbocycles. The van der Waals surface area contributed by atoms with Crippen molar-refractivity contribution < 1.29 is 19.1 Å². The largest absolute Gasteiger partial charge is 0.495 e. The Labute approximate surface area is 218 Å². The molecule has 0 unspecified atom stereocenters. The van der Waals surface area contributed by atoms with Crippen LogP contribution in [0.4, 0.5) is 5.13 Å². The van der Waals surface area contributed by atoms with Gasteiger partial charge in [0.2, 0.25) is 0 Å². The predicted molar refractivity (Wildman–Crippen MR) is 146 cm³/mol. The van der Waals surface area contributed by atoms with E-state index in [1.165, 1.54) is 11.3 Å². The zero-order valence-corrected chi connectivity index (χ0v) is 21.2. The summed E-state index contributed by atoms with van der Waals surface area (Å²) in [5, 5.41) is 0.524. The molecule has 1 amide bonds. The summed E-state index contributed by atoms with van der Waals surface area (Å²) < 4.78 is 11.8. The number of nitrogens with zero attached hydrogens (tertiary/aromatic N) is 2.